The third kappa shape index (κ3) is 6.31. The van der Waals surface area contributed by atoms with E-state index in [0.717, 1.165) is 53.8 Å². The van der Waals surface area contributed by atoms with Crippen LogP contribution < -0.4 is 21.4 Å². The second kappa shape index (κ2) is 11.4. The standard InChI is InChI=1S/C25H33N5O3/c1-5-6-7-8-13-29-23(27-16-21-15-26-19(3)14-18(21)2)28-24(31)30(25(29)32)17-20-9-11-22(33-4)12-10-20/h9-12,14-15H,5-8,13,16-17H2,1-4H3,(H,27,28,31). The van der Waals surface area contributed by atoms with Crippen molar-refractivity contribution in [2.45, 2.75) is 66.1 Å². The third-order valence-corrected chi connectivity index (χ3v) is 5.68. The van der Waals surface area contributed by atoms with Gasteiger partial charge in [-0.2, -0.15) is 4.98 Å². The summed E-state index contributed by atoms with van der Waals surface area (Å²) in [5.41, 5.74) is 2.94. The van der Waals surface area contributed by atoms with E-state index in [9.17, 15) is 9.59 Å². The van der Waals surface area contributed by atoms with Crippen LogP contribution in [-0.4, -0.2) is 26.2 Å². The number of hydrogen-bond donors (Lipinski definition) is 1. The van der Waals surface area contributed by atoms with E-state index in [1.54, 1.807) is 11.7 Å². The van der Waals surface area contributed by atoms with E-state index >= 15 is 0 Å². The Kier molecular flexibility index (Phi) is 8.40. The average molecular weight is 452 g/mol. The van der Waals surface area contributed by atoms with Crippen molar-refractivity contribution >= 4 is 5.95 Å². The molecule has 3 aromatic rings. The van der Waals surface area contributed by atoms with Gasteiger partial charge in [-0.15, -0.1) is 0 Å². The predicted molar refractivity (Wildman–Crippen MR) is 130 cm³/mol. The van der Waals surface area contributed by atoms with E-state index in [0.29, 0.717) is 19.0 Å². The molecule has 176 valence electrons. The van der Waals surface area contributed by atoms with Crippen LogP contribution in [0, 0.1) is 13.8 Å². The molecule has 0 atom stereocenters. The number of nitrogens with one attached hydrogen (secondary N) is 1. The average Bonchev–Trinajstić information content (AvgIpc) is 2.80. The maximum atomic E-state index is 13.3. The van der Waals surface area contributed by atoms with Gasteiger partial charge in [0.05, 0.1) is 13.7 Å². The van der Waals surface area contributed by atoms with Crippen LogP contribution in [0.3, 0.4) is 0 Å². The molecule has 33 heavy (non-hydrogen) atoms. The summed E-state index contributed by atoms with van der Waals surface area (Å²) in [4.78, 5) is 34.7. The molecule has 8 nitrogen and oxygen atoms in total. The molecule has 0 bridgehead atoms. The van der Waals surface area contributed by atoms with Gasteiger partial charge in [0, 0.05) is 25.0 Å². The molecule has 2 heterocycles. The molecule has 0 amide bonds. The molecule has 0 aliphatic rings. The van der Waals surface area contributed by atoms with Crippen LogP contribution in [0.5, 0.6) is 5.75 Å². The number of rotatable bonds is 11. The Labute approximate surface area is 194 Å². The zero-order valence-corrected chi connectivity index (χ0v) is 19.9. The van der Waals surface area contributed by atoms with E-state index in [-0.39, 0.29) is 12.2 Å². The van der Waals surface area contributed by atoms with Gasteiger partial charge < -0.3 is 10.1 Å². The number of anilines is 1. The fourth-order valence-corrected chi connectivity index (χ4v) is 3.70. The zero-order chi connectivity index (χ0) is 23.8. The van der Waals surface area contributed by atoms with E-state index in [1.165, 1.54) is 4.57 Å². The highest BCUT2D eigenvalue weighted by molar-refractivity contribution is 5.32. The summed E-state index contributed by atoms with van der Waals surface area (Å²) in [7, 11) is 1.60. The normalized spacial score (nSPS) is 10.9. The molecule has 0 saturated carbocycles. The highest BCUT2D eigenvalue weighted by atomic mass is 16.5. The lowest BCUT2D eigenvalue weighted by atomic mass is 10.1. The number of aryl methyl sites for hydroxylation is 2. The number of hydrogen-bond acceptors (Lipinski definition) is 6. The summed E-state index contributed by atoms with van der Waals surface area (Å²) >= 11 is 0. The molecule has 0 unspecified atom stereocenters. The summed E-state index contributed by atoms with van der Waals surface area (Å²) in [5.74, 6) is 1.02. The lowest BCUT2D eigenvalue weighted by Gasteiger charge is -2.16. The molecule has 0 fully saturated rings. The molecule has 8 heteroatoms. The highest BCUT2D eigenvalue weighted by Crippen LogP contribution is 2.13. The lowest BCUT2D eigenvalue weighted by molar-refractivity contribution is 0.414. The number of pyridine rings is 1. The summed E-state index contributed by atoms with van der Waals surface area (Å²) < 4.78 is 7.95. The lowest BCUT2D eigenvalue weighted by Crippen LogP contribution is -2.43. The van der Waals surface area contributed by atoms with Gasteiger partial charge in [-0.25, -0.2) is 14.2 Å². The fourth-order valence-electron chi connectivity index (χ4n) is 3.70. The van der Waals surface area contributed by atoms with Crippen molar-refractivity contribution in [3.63, 3.8) is 0 Å². The first kappa shape index (κ1) is 24.2. The maximum absolute atomic E-state index is 13.3. The monoisotopic (exact) mass is 451 g/mol. The number of nitrogens with zero attached hydrogens (tertiary/aromatic N) is 4. The fraction of sp³-hybridized carbons (Fsp3) is 0.440. The van der Waals surface area contributed by atoms with Gasteiger partial charge >= 0.3 is 11.4 Å². The highest BCUT2D eigenvalue weighted by Gasteiger charge is 2.14. The number of aromatic nitrogens is 4. The molecular weight excluding hydrogens is 418 g/mol. The quantitative estimate of drug-likeness (QED) is 0.448. The van der Waals surface area contributed by atoms with Crippen LogP contribution in [0.1, 0.15) is 55.0 Å². The minimum absolute atomic E-state index is 0.158. The van der Waals surface area contributed by atoms with Gasteiger partial charge in [-0.1, -0.05) is 38.3 Å². The van der Waals surface area contributed by atoms with Gasteiger partial charge in [0.1, 0.15) is 5.75 Å². The third-order valence-electron chi connectivity index (χ3n) is 5.68. The second-order valence-corrected chi connectivity index (χ2v) is 8.25. The first-order chi connectivity index (χ1) is 15.9. The molecule has 0 saturated heterocycles. The molecule has 1 aromatic carbocycles. The largest absolute Gasteiger partial charge is 0.497 e. The zero-order valence-electron chi connectivity index (χ0n) is 19.9. The van der Waals surface area contributed by atoms with Crippen LogP contribution in [0.2, 0.25) is 0 Å². The van der Waals surface area contributed by atoms with Gasteiger partial charge in [0.15, 0.2) is 0 Å². The minimum atomic E-state index is -0.568. The molecule has 0 aliphatic carbocycles. The summed E-state index contributed by atoms with van der Waals surface area (Å²) in [6, 6.07) is 9.32. The van der Waals surface area contributed by atoms with Crippen molar-refractivity contribution in [1.29, 1.82) is 0 Å². The Balaban J connectivity index is 1.90. The van der Waals surface area contributed by atoms with Crippen LogP contribution in [0.4, 0.5) is 5.95 Å². The van der Waals surface area contributed by atoms with Gasteiger partial charge in [0.2, 0.25) is 5.95 Å². The first-order valence-corrected chi connectivity index (χ1v) is 11.4. The van der Waals surface area contributed by atoms with E-state index in [4.69, 9.17) is 4.74 Å². The molecule has 0 radical (unpaired) electrons. The number of unbranched alkanes of at least 4 members (excludes halogenated alkanes) is 3. The number of methoxy groups -OCH3 is 1. The Morgan fingerprint density at radius 1 is 1.03 bits per heavy atom. The number of benzene rings is 1. The van der Waals surface area contributed by atoms with E-state index in [2.05, 4.69) is 22.2 Å². The minimum Gasteiger partial charge on any atom is -0.497 e. The van der Waals surface area contributed by atoms with E-state index < -0.39 is 5.69 Å². The van der Waals surface area contributed by atoms with Gasteiger partial charge in [0.25, 0.3) is 0 Å². The van der Waals surface area contributed by atoms with Crippen molar-refractivity contribution in [3.8, 4) is 5.75 Å². The smallest absolute Gasteiger partial charge is 0.355 e. The van der Waals surface area contributed by atoms with Crippen molar-refractivity contribution in [2.24, 2.45) is 0 Å². The Bertz CT molecular complexity index is 1180. The second-order valence-electron chi connectivity index (χ2n) is 8.25. The van der Waals surface area contributed by atoms with Gasteiger partial charge in [-0.05, 0) is 55.2 Å². The molecule has 0 aliphatic heterocycles. The Hall–Kier alpha value is -3.42. The van der Waals surface area contributed by atoms with Crippen molar-refractivity contribution < 1.29 is 4.74 Å². The topological polar surface area (TPSA) is 91.0 Å². The van der Waals surface area contributed by atoms with Crippen LogP contribution in [-0.2, 0) is 19.6 Å². The summed E-state index contributed by atoms with van der Waals surface area (Å²) in [5, 5.41) is 3.20. The van der Waals surface area contributed by atoms with Crippen molar-refractivity contribution in [1.82, 2.24) is 19.1 Å². The molecular formula is C25H33N5O3. The Morgan fingerprint density at radius 2 is 1.79 bits per heavy atom. The van der Waals surface area contributed by atoms with Crippen LogP contribution in [0.25, 0.3) is 0 Å². The van der Waals surface area contributed by atoms with Gasteiger partial charge in [-0.3, -0.25) is 9.55 Å². The predicted octanol–water partition coefficient (Wildman–Crippen LogP) is 3.67. The molecule has 0 spiro atoms. The van der Waals surface area contributed by atoms with Crippen LogP contribution >= 0.6 is 0 Å². The van der Waals surface area contributed by atoms with Crippen LogP contribution in [0.15, 0.2) is 46.1 Å². The summed E-state index contributed by atoms with van der Waals surface area (Å²) in [6.07, 6.45) is 5.88. The molecule has 3 rings (SSSR count). The van der Waals surface area contributed by atoms with Crippen molar-refractivity contribution in [2.75, 3.05) is 12.4 Å². The Morgan fingerprint density at radius 3 is 2.45 bits per heavy atom. The SMILES string of the molecule is CCCCCCn1c(NCc2cnc(C)cc2C)nc(=O)n(Cc2ccc(OC)cc2)c1=O. The molecule has 1 N–H and O–H groups in total. The maximum Gasteiger partial charge on any atom is 0.355 e. The van der Waals surface area contributed by atoms with Crippen molar-refractivity contribution in [3.05, 3.63) is 79.9 Å². The molecule has 2 aromatic heterocycles. The van der Waals surface area contributed by atoms with E-state index in [1.807, 2.05) is 50.4 Å². The number of ether oxygens (including phenoxy) is 1. The first-order valence-electron chi connectivity index (χ1n) is 11.4. The summed E-state index contributed by atoms with van der Waals surface area (Å²) in [6.45, 7) is 7.20.